The molecule has 3 N–H and O–H groups in total. The molecule has 0 spiro atoms. The lowest BCUT2D eigenvalue weighted by atomic mass is 10.1. The number of rotatable bonds is 4. The fraction of sp³-hybridized carbons (Fsp3) is 0.188. The van der Waals surface area contributed by atoms with E-state index in [1.165, 1.54) is 7.11 Å². The summed E-state index contributed by atoms with van der Waals surface area (Å²) in [6.45, 7) is 0.393. The summed E-state index contributed by atoms with van der Waals surface area (Å²) < 4.78 is 5.06. The van der Waals surface area contributed by atoms with Crippen molar-refractivity contribution in [3.8, 4) is 11.5 Å². The Morgan fingerprint density at radius 3 is 2.67 bits per heavy atom. The van der Waals surface area contributed by atoms with E-state index in [0.29, 0.717) is 23.5 Å². The van der Waals surface area contributed by atoms with E-state index < -0.39 is 0 Å². The molecule has 0 aliphatic rings. The van der Waals surface area contributed by atoms with Crippen LogP contribution in [0, 0.1) is 0 Å². The zero-order valence-electron chi connectivity index (χ0n) is 12.0. The highest BCUT2D eigenvalue weighted by Crippen LogP contribution is 2.27. The molecule has 2 rings (SSSR count). The van der Waals surface area contributed by atoms with Crippen molar-refractivity contribution in [1.82, 2.24) is 4.90 Å². The van der Waals surface area contributed by atoms with Gasteiger partial charge < -0.3 is 20.5 Å². The Bertz CT molecular complexity index is 656. The molecule has 110 valence electrons. The lowest BCUT2D eigenvalue weighted by Crippen LogP contribution is -2.26. The largest absolute Gasteiger partial charge is 0.504 e. The number of amides is 1. The van der Waals surface area contributed by atoms with E-state index >= 15 is 0 Å². The number of anilines is 1. The third-order valence-electron chi connectivity index (χ3n) is 3.20. The van der Waals surface area contributed by atoms with Crippen LogP contribution in [0.4, 0.5) is 5.69 Å². The van der Waals surface area contributed by atoms with Gasteiger partial charge in [0.15, 0.2) is 11.5 Å². The van der Waals surface area contributed by atoms with Crippen LogP contribution in [0.5, 0.6) is 11.5 Å². The van der Waals surface area contributed by atoms with Gasteiger partial charge in [-0.15, -0.1) is 0 Å². The first-order valence-electron chi connectivity index (χ1n) is 6.48. The lowest BCUT2D eigenvalue weighted by molar-refractivity contribution is 0.0786. The molecule has 0 bridgehead atoms. The van der Waals surface area contributed by atoms with Crippen molar-refractivity contribution in [1.29, 1.82) is 0 Å². The van der Waals surface area contributed by atoms with E-state index in [1.54, 1.807) is 54.4 Å². The average Bonchev–Trinajstić information content (AvgIpc) is 2.49. The van der Waals surface area contributed by atoms with Gasteiger partial charge >= 0.3 is 0 Å². The number of phenols is 1. The first kappa shape index (κ1) is 14.7. The van der Waals surface area contributed by atoms with E-state index in [1.807, 2.05) is 0 Å². The molecule has 0 atom stereocenters. The number of carbonyl (C=O) groups excluding carboxylic acids is 1. The SMILES string of the molecule is COc1cc(CN(C)C(=O)c2ccccc2N)ccc1O. The van der Waals surface area contributed by atoms with E-state index in [-0.39, 0.29) is 11.7 Å². The Kier molecular flexibility index (Phi) is 4.33. The second-order valence-corrected chi connectivity index (χ2v) is 4.75. The summed E-state index contributed by atoms with van der Waals surface area (Å²) in [7, 11) is 3.19. The number of benzene rings is 2. The lowest BCUT2D eigenvalue weighted by Gasteiger charge is -2.18. The molecule has 2 aromatic rings. The van der Waals surface area contributed by atoms with Crippen molar-refractivity contribution < 1.29 is 14.6 Å². The summed E-state index contributed by atoms with van der Waals surface area (Å²) in [5.74, 6) is 0.301. The van der Waals surface area contributed by atoms with Crippen LogP contribution in [0.2, 0.25) is 0 Å². The maximum Gasteiger partial charge on any atom is 0.255 e. The van der Waals surface area contributed by atoms with Gasteiger partial charge in [-0.25, -0.2) is 0 Å². The van der Waals surface area contributed by atoms with Crippen LogP contribution < -0.4 is 10.5 Å². The van der Waals surface area contributed by atoms with Crippen LogP contribution in [0.25, 0.3) is 0 Å². The predicted octanol–water partition coefficient (Wildman–Crippen LogP) is 2.26. The number of nitrogen functional groups attached to an aromatic ring is 1. The molecule has 0 aliphatic heterocycles. The maximum atomic E-state index is 12.4. The van der Waals surface area contributed by atoms with Crippen molar-refractivity contribution in [3.63, 3.8) is 0 Å². The van der Waals surface area contributed by atoms with Crippen molar-refractivity contribution in [2.45, 2.75) is 6.54 Å². The second kappa shape index (κ2) is 6.17. The summed E-state index contributed by atoms with van der Waals surface area (Å²) in [5.41, 5.74) is 7.61. The third-order valence-corrected chi connectivity index (χ3v) is 3.20. The maximum absolute atomic E-state index is 12.4. The Morgan fingerprint density at radius 1 is 1.29 bits per heavy atom. The van der Waals surface area contributed by atoms with Crippen LogP contribution in [0.3, 0.4) is 0 Å². The highest BCUT2D eigenvalue weighted by atomic mass is 16.5. The van der Waals surface area contributed by atoms with E-state index in [0.717, 1.165) is 5.56 Å². The van der Waals surface area contributed by atoms with Gasteiger partial charge in [-0.05, 0) is 29.8 Å². The molecule has 0 aromatic heterocycles. The molecule has 5 nitrogen and oxygen atoms in total. The molecule has 0 radical (unpaired) electrons. The fourth-order valence-electron chi connectivity index (χ4n) is 2.06. The van der Waals surface area contributed by atoms with Gasteiger partial charge in [-0.3, -0.25) is 4.79 Å². The number of methoxy groups -OCH3 is 1. The molecule has 2 aromatic carbocycles. The average molecular weight is 286 g/mol. The minimum absolute atomic E-state index is 0.0718. The number of para-hydroxylation sites is 1. The minimum Gasteiger partial charge on any atom is -0.504 e. The Balaban J connectivity index is 2.16. The third kappa shape index (κ3) is 3.25. The summed E-state index contributed by atoms with van der Waals surface area (Å²) in [6.07, 6.45) is 0. The van der Waals surface area contributed by atoms with Crippen LogP contribution in [0.15, 0.2) is 42.5 Å². The quantitative estimate of drug-likeness (QED) is 0.845. The van der Waals surface area contributed by atoms with E-state index in [2.05, 4.69) is 0 Å². The van der Waals surface area contributed by atoms with Gasteiger partial charge in [0, 0.05) is 19.3 Å². The standard InChI is InChI=1S/C16H18N2O3/c1-18(16(20)12-5-3-4-6-13(12)17)10-11-7-8-14(19)15(9-11)21-2/h3-9,19H,10,17H2,1-2H3. The number of aromatic hydroxyl groups is 1. The van der Waals surface area contributed by atoms with Crippen molar-refractivity contribution in [2.75, 3.05) is 19.9 Å². The van der Waals surface area contributed by atoms with Gasteiger partial charge in [-0.1, -0.05) is 18.2 Å². The van der Waals surface area contributed by atoms with Crippen molar-refractivity contribution >= 4 is 11.6 Å². The molecule has 0 unspecified atom stereocenters. The molecule has 1 amide bonds. The zero-order chi connectivity index (χ0) is 15.4. The summed E-state index contributed by atoms with van der Waals surface area (Å²) >= 11 is 0. The van der Waals surface area contributed by atoms with Gasteiger partial charge in [0.1, 0.15) is 0 Å². The summed E-state index contributed by atoms with van der Waals surface area (Å²) in [6, 6.07) is 12.0. The molecule has 0 saturated carbocycles. The highest BCUT2D eigenvalue weighted by molar-refractivity contribution is 5.98. The Morgan fingerprint density at radius 2 is 2.00 bits per heavy atom. The van der Waals surface area contributed by atoms with E-state index in [9.17, 15) is 9.90 Å². The summed E-state index contributed by atoms with van der Waals surface area (Å²) in [5, 5.41) is 9.57. The van der Waals surface area contributed by atoms with E-state index in [4.69, 9.17) is 10.5 Å². The van der Waals surface area contributed by atoms with Gasteiger partial charge in [-0.2, -0.15) is 0 Å². The molecular weight excluding hydrogens is 268 g/mol. The normalized spacial score (nSPS) is 10.2. The number of hydrogen-bond acceptors (Lipinski definition) is 4. The molecule has 5 heteroatoms. The number of carbonyl (C=O) groups is 1. The van der Waals surface area contributed by atoms with Gasteiger partial charge in [0.05, 0.1) is 12.7 Å². The first-order valence-corrected chi connectivity index (χ1v) is 6.48. The van der Waals surface area contributed by atoms with Gasteiger partial charge in [0.2, 0.25) is 0 Å². The number of nitrogens with two attached hydrogens (primary N) is 1. The number of nitrogens with zero attached hydrogens (tertiary/aromatic N) is 1. The van der Waals surface area contributed by atoms with Crippen LogP contribution in [0.1, 0.15) is 15.9 Å². The zero-order valence-corrected chi connectivity index (χ0v) is 12.0. The molecule has 21 heavy (non-hydrogen) atoms. The smallest absolute Gasteiger partial charge is 0.255 e. The van der Waals surface area contributed by atoms with Crippen LogP contribution in [-0.4, -0.2) is 30.1 Å². The van der Waals surface area contributed by atoms with Crippen LogP contribution in [-0.2, 0) is 6.54 Å². The second-order valence-electron chi connectivity index (χ2n) is 4.75. The minimum atomic E-state index is -0.153. The van der Waals surface area contributed by atoms with Gasteiger partial charge in [0.25, 0.3) is 5.91 Å². The molecule has 0 aliphatic carbocycles. The van der Waals surface area contributed by atoms with Crippen molar-refractivity contribution in [2.24, 2.45) is 0 Å². The topological polar surface area (TPSA) is 75.8 Å². The first-order chi connectivity index (χ1) is 10.0. The van der Waals surface area contributed by atoms with Crippen molar-refractivity contribution in [3.05, 3.63) is 53.6 Å². The molecule has 0 heterocycles. The highest BCUT2D eigenvalue weighted by Gasteiger charge is 2.15. The number of ether oxygens (including phenoxy) is 1. The number of phenolic OH excluding ortho intramolecular Hbond substituents is 1. The Hall–Kier alpha value is -2.69. The molecular formula is C16H18N2O3. The molecule has 0 fully saturated rings. The summed E-state index contributed by atoms with van der Waals surface area (Å²) in [4.78, 5) is 13.9. The predicted molar refractivity (Wildman–Crippen MR) is 81.3 cm³/mol. The monoisotopic (exact) mass is 286 g/mol. The fourth-order valence-corrected chi connectivity index (χ4v) is 2.06. The number of hydrogen-bond donors (Lipinski definition) is 2. The Labute approximate surface area is 123 Å². The van der Waals surface area contributed by atoms with Crippen LogP contribution >= 0.6 is 0 Å². The molecule has 0 saturated heterocycles.